The fraction of sp³-hybridized carbons (Fsp3) is 0.478. The molecule has 0 spiro atoms. The van der Waals surface area contributed by atoms with E-state index in [-0.39, 0.29) is 29.9 Å². The van der Waals surface area contributed by atoms with Crippen LogP contribution in [0.2, 0.25) is 0 Å². The molecule has 2 heterocycles. The van der Waals surface area contributed by atoms with Gasteiger partial charge in [0.25, 0.3) is 0 Å². The van der Waals surface area contributed by atoms with E-state index in [0.29, 0.717) is 13.0 Å². The van der Waals surface area contributed by atoms with Crippen LogP contribution in [-0.4, -0.2) is 52.9 Å². The molecule has 30 heavy (non-hydrogen) atoms. The molecule has 1 aliphatic heterocycles. The Morgan fingerprint density at radius 3 is 2.67 bits per heavy atom. The Balaban J connectivity index is 0.00000320. The Bertz CT molecular complexity index is 848. The van der Waals surface area contributed by atoms with Crippen molar-refractivity contribution in [3.05, 3.63) is 59.4 Å². The Hall–Kier alpha value is -2.03. The predicted molar refractivity (Wildman–Crippen MR) is 133 cm³/mol. The van der Waals surface area contributed by atoms with Gasteiger partial charge in [-0.2, -0.15) is 0 Å². The van der Waals surface area contributed by atoms with E-state index in [0.717, 1.165) is 45.0 Å². The van der Waals surface area contributed by atoms with Crippen molar-refractivity contribution in [3.63, 3.8) is 0 Å². The van der Waals surface area contributed by atoms with Crippen molar-refractivity contribution < 1.29 is 4.79 Å². The molecule has 0 saturated carbocycles. The van der Waals surface area contributed by atoms with Crippen molar-refractivity contribution in [2.24, 2.45) is 12.0 Å². The van der Waals surface area contributed by atoms with Crippen molar-refractivity contribution in [3.8, 4) is 0 Å². The van der Waals surface area contributed by atoms with E-state index in [1.807, 2.05) is 11.9 Å². The van der Waals surface area contributed by atoms with Crippen LogP contribution in [0.1, 0.15) is 36.6 Å². The van der Waals surface area contributed by atoms with Crippen LogP contribution < -0.4 is 5.32 Å². The van der Waals surface area contributed by atoms with Crippen molar-refractivity contribution >= 4 is 35.8 Å². The third-order valence-electron chi connectivity index (χ3n) is 5.44. The van der Waals surface area contributed by atoms with Crippen molar-refractivity contribution in [1.29, 1.82) is 0 Å². The van der Waals surface area contributed by atoms with E-state index in [9.17, 15) is 4.79 Å². The Kier molecular flexibility index (Phi) is 9.68. The van der Waals surface area contributed by atoms with Crippen LogP contribution in [0.4, 0.5) is 0 Å². The molecular weight excluding hydrogens is 489 g/mol. The first-order valence-electron chi connectivity index (χ1n) is 10.5. The first-order valence-corrected chi connectivity index (χ1v) is 10.5. The number of amides is 1. The minimum Gasteiger partial charge on any atom is -0.357 e. The molecule has 164 valence electrons. The lowest BCUT2D eigenvalue weighted by molar-refractivity contribution is -0.132. The Morgan fingerprint density at radius 2 is 1.97 bits per heavy atom. The number of guanidine groups is 1. The highest BCUT2D eigenvalue weighted by Crippen LogP contribution is 2.19. The first kappa shape index (κ1) is 24.2. The van der Waals surface area contributed by atoms with E-state index < -0.39 is 0 Å². The van der Waals surface area contributed by atoms with Crippen LogP contribution in [0.15, 0.2) is 47.6 Å². The van der Waals surface area contributed by atoms with Gasteiger partial charge in [0.15, 0.2) is 5.96 Å². The summed E-state index contributed by atoms with van der Waals surface area (Å²) in [6.45, 7) is 5.89. The zero-order valence-electron chi connectivity index (χ0n) is 18.3. The average Bonchev–Trinajstić information content (AvgIpc) is 3.14. The second-order valence-electron chi connectivity index (χ2n) is 7.64. The van der Waals surface area contributed by atoms with Gasteiger partial charge in [-0.15, -0.1) is 24.0 Å². The highest BCUT2D eigenvalue weighted by molar-refractivity contribution is 14.0. The molecule has 1 aromatic carbocycles. The maximum Gasteiger partial charge on any atom is 0.222 e. The molecule has 0 unspecified atom stereocenters. The Morgan fingerprint density at radius 1 is 1.20 bits per heavy atom. The lowest BCUT2D eigenvalue weighted by Gasteiger charge is -2.29. The van der Waals surface area contributed by atoms with Crippen LogP contribution in [0.5, 0.6) is 0 Å². The van der Waals surface area contributed by atoms with Crippen LogP contribution >= 0.6 is 24.0 Å². The number of benzene rings is 1. The standard InChI is InChI=1S/C23H33N5O.HI/c1-4-24-23(27(3)18-21-11-8-15-26(21)2)25-14-7-12-22(29)28-16-13-19-9-5-6-10-20(19)17-28;/h5-6,8-11,15H,4,7,12-14,16-18H2,1-3H3,(H,24,25);1H. The maximum absolute atomic E-state index is 12.6. The van der Waals surface area contributed by atoms with Gasteiger partial charge in [0.05, 0.1) is 6.54 Å². The third kappa shape index (κ3) is 6.48. The number of fused-ring (bicyclic) bond motifs is 1. The van der Waals surface area contributed by atoms with Gasteiger partial charge < -0.3 is 19.7 Å². The molecule has 0 fully saturated rings. The molecule has 0 saturated heterocycles. The number of aliphatic imine (C=N–C) groups is 1. The van der Waals surface area contributed by atoms with Crippen molar-refractivity contribution in [1.82, 2.24) is 19.7 Å². The van der Waals surface area contributed by atoms with E-state index >= 15 is 0 Å². The van der Waals surface area contributed by atoms with Crippen LogP contribution in [0.25, 0.3) is 0 Å². The van der Waals surface area contributed by atoms with Crippen molar-refractivity contribution in [2.75, 3.05) is 26.7 Å². The number of nitrogens with one attached hydrogen (secondary N) is 1. The predicted octanol–water partition coefficient (Wildman–Crippen LogP) is 3.41. The zero-order valence-corrected chi connectivity index (χ0v) is 20.6. The Labute approximate surface area is 197 Å². The van der Waals surface area contributed by atoms with Gasteiger partial charge >= 0.3 is 0 Å². The largest absolute Gasteiger partial charge is 0.357 e. The van der Waals surface area contributed by atoms with Crippen LogP contribution in [0.3, 0.4) is 0 Å². The molecule has 1 aromatic heterocycles. The van der Waals surface area contributed by atoms with Gasteiger partial charge in [0.1, 0.15) is 0 Å². The van der Waals surface area contributed by atoms with Crippen LogP contribution in [-0.2, 0) is 31.4 Å². The number of aromatic nitrogens is 1. The minimum atomic E-state index is 0. The molecular formula is C23H34IN5O. The molecule has 1 aliphatic rings. The lowest BCUT2D eigenvalue weighted by Crippen LogP contribution is -2.39. The van der Waals surface area contributed by atoms with Gasteiger partial charge in [0.2, 0.25) is 5.91 Å². The summed E-state index contributed by atoms with van der Waals surface area (Å²) in [4.78, 5) is 21.5. The molecule has 3 rings (SSSR count). The summed E-state index contributed by atoms with van der Waals surface area (Å²) in [6.07, 6.45) is 4.32. The monoisotopic (exact) mass is 523 g/mol. The smallest absolute Gasteiger partial charge is 0.222 e. The van der Waals surface area contributed by atoms with Gasteiger partial charge in [-0.05, 0) is 43.0 Å². The number of rotatable bonds is 7. The number of carbonyl (C=O) groups is 1. The summed E-state index contributed by atoms with van der Waals surface area (Å²) < 4.78 is 2.12. The molecule has 0 atom stereocenters. The van der Waals surface area contributed by atoms with E-state index in [4.69, 9.17) is 4.99 Å². The molecule has 7 heteroatoms. The van der Waals surface area contributed by atoms with Gasteiger partial charge in [0, 0.05) is 58.6 Å². The summed E-state index contributed by atoms with van der Waals surface area (Å²) in [5, 5.41) is 3.35. The minimum absolute atomic E-state index is 0. The van der Waals surface area contributed by atoms with Gasteiger partial charge in [-0.1, -0.05) is 24.3 Å². The number of aryl methyl sites for hydroxylation is 1. The van der Waals surface area contributed by atoms with Gasteiger partial charge in [-0.25, -0.2) is 0 Å². The SMILES string of the molecule is CCNC(=NCCCC(=O)N1CCc2ccccc2C1)N(C)Cc1cccn1C.I. The summed E-state index contributed by atoms with van der Waals surface area (Å²) in [7, 11) is 4.10. The average molecular weight is 523 g/mol. The quantitative estimate of drug-likeness (QED) is 0.262. The fourth-order valence-electron chi connectivity index (χ4n) is 3.73. The molecule has 1 amide bonds. The molecule has 6 nitrogen and oxygen atoms in total. The van der Waals surface area contributed by atoms with E-state index in [1.165, 1.54) is 16.8 Å². The molecule has 2 aromatic rings. The number of nitrogens with zero attached hydrogens (tertiary/aromatic N) is 4. The van der Waals surface area contributed by atoms with Gasteiger partial charge in [-0.3, -0.25) is 9.79 Å². The molecule has 1 N–H and O–H groups in total. The molecule has 0 aliphatic carbocycles. The summed E-state index contributed by atoms with van der Waals surface area (Å²) in [6, 6.07) is 12.6. The number of carbonyl (C=O) groups excluding carboxylic acids is 1. The summed E-state index contributed by atoms with van der Waals surface area (Å²) >= 11 is 0. The summed E-state index contributed by atoms with van der Waals surface area (Å²) in [5.41, 5.74) is 3.89. The van der Waals surface area contributed by atoms with Crippen molar-refractivity contribution in [2.45, 2.75) is 39.3 Å². The van der Waals surface area contributed by atoms with E-state index in [2.05, 4.69) is 71.4 Å². The normalized spacial score (nSPS) is 13.4. The molecule has 0 radical (unpaired) electrons. The number of halogens is 1. The second kappa shape index (κ2) is 12.0. The summed E-state index contributed by atoms with van der Waals surface area (Å²) in [5.74, 6) is 1.12. The lowest BCUT2D eigenvalue weighted by atomic mass is 9.99. The highest BCUT2D eigenvalue weighted by atomic mass is 127. The first-order chi connectivity index (χ1) is 14.1. The number of hydrogen-bond acceptors (Lipinski definition) is 2. The molecule has 0 bridgehead atoms. The zero-order chi connectivity index (χ0) is 20.6. The second-order valence-corrected chi connectivity index (χ2v) is 7.64. The highest BCUT2D eigenvalue weighted by Gasteiger charge is 2.19. The fourth-order valence-corrected chi connectivity index (χ4v) is 3.73. The topological polar surface area (TPSA) is 52.9 Å². The van der Waals surface area contributed by atoms with E-state index in [1.54, 1.807) is 0 Å². The maximum atomic E-state index is 12.6. The third-order valence-corrected chi connectivity index (χ3v) is 5.44. The number of hydrogen-bond donors (Lipinski definition) is 1. The van der Waals surface area contributed by atoms with Crippen LogP contribution in [0, 0.1) is 0 Å².